The molecule has 0 aromatic rings. The average molecular weight is 156 g/mol. The van der Waals surface area contributed by atoms with Crippen LogP contribution in [0.4, 0.5) is 0 Å². The van der Waals surface area contributed by atoms with Crippen molar-refractivity contribution < 1.29 is 9.53 Å². The fourth-order valence-corrected chi connectivity index (χ4v) is 0.944. The molecule has 0 aromatic heterocycles. The van der Waals surface area contributed by atoms with Crippen molar-refractivity contribution in [3.05, 3.63) is 0 Å². The molecule has 1 rings (SSSR count). The molecule has 11 heavy (non-hydrogen) atoms. The largest absolute Gasteiger partial charge is 0.371 e. The van der Waals surface area contributed by atoms with Crippen LogP contribution in [0.3, 0.4) is 0 Å². The molecule has 1 aliphatic carbocycles. The third-order valence-electron chi connectivity index (χ3n) is 2.35. The van der Waals surface area contributed by atoms with Gasteiger partial charge in [-0.25, -0.2) is 0 Å². The van der Waals surface area contributed by atoms with E-state index in [1.54, 1.807) is 7.11 Å². The maximum absolute atomic E-state index is 11.4. The molecular weight excluding hydrogens is 140 g/mol. The zero-order chi connectivity index (χ0) is 8.48. The highest BCUT2D eigenvalue weighted by Crippen LogP contribution is 2.34. The zero-order valence-corrected chi connectivity index (χ0v) is 7.52. The number of carbonyl (C=O) groups excluding carboxylic acids is 1. The molecule has 0 amide bonds. The molecule has 2 nitrogen and oxygen atoms in total. The quantitative estimate of drug-likeness (QED) is 0.620. The predicted molar refractivity (Wildman–Crippen MR) is 43.4 cm³/mol. The van der Waals surface area contributed by atoms with Crippen LogP contribution in [0.5, 0.6) is 0 Å². The van der Waals surface area contributed by atoms with Crippen LogP contribution in [0.15, 0.2) is 0 Å². The molecular formula is C9H16O2. The molecule has 0 spiro atoms. The minimum atomic E-state index is -0.567. The Kier molecular flexibility index (Phi) is 2.33. The van der Waals surface area contributed by atoms with E-state index < -0.39 is 5.60 Å². The summed E-state index contributed by atoms with van der Waals surface area (Å²) in [4.78, 5) is 11.4. The molecule has 2 heteroatoms. The normalized spacial score (nSPS) is 18.5. The lowest BCUT2D eigenvalue weighted by molar-refractivity contribution is -0.137. The second-order valence-electron chi connectivity index (χ2n) is 3.79. The van der Waals surface area contributed by atoms with Gasteiger partial charge in [-0.15, -0.1) is 0 Å². The van der Waals surface area contributed by atoms with E-state index in [-0.39, 0.29) is 5.78 Å². The van der Waals surface area contributed by atoms with Gasteiger partial charge in [0.2, 0.25) is 0 Å². The molecule has 0 N–H and O–H groups in total. The van der Waals surface area contributed by atoms with Crippen LogP contribution in [0.25, 0.3) is 0 Å². The number of ether oxygens (including phenoxy) is 1. The monoisotopic (exact) mass is 156 g/mol. The van der Waals surface area contributed by atoms with Crippen LogP contribution in [0.2, 0.25) is 0 Å². The lowest BCUT2D eigenvalue weighted by Crippen LogP contribution is -2.33. The van der Waals surface area contributed by atoms with E-state index in [1.807, 2.05) is 13.8 Å². The molecule has 0 saturated heterocycles. The smallest absolute Gasteiger partial charge is 0.164 e. The Labute approximate surface area is 67.9 Å². The summed E-state index contributed by atoms with van der Waals surface area (Å²) >= 11 is 0. The number of Topliss-reactive ketones (excluding diaryl/α,β-unsaturated/α-hetero) is 1. The van der Waals surface area contributed by atoms with Crippen LogP contribution in [0.1, 0.15) is 33.1 Å². The lowest BCUT2D eigenvalue weighted by Gasteiger charge is -2.20. The van der Waals surface area contributed by atoms with Crippen LogP contribution in [-0.4, -0.2) is 18.5 Å². The Morgan fingerprint density at radius 2 is 2.09 bits per heavy atom. The van der Waals surface area contributed by atoms with Gasteiger partial charge in [-0.05, 0) is 32.6 Å². The number of hydrogen-bond acceptors (Lipinski definition) is 2. The summed E-state index contributed by atoms with van der Waals surface area (Å²) in [7, 11) is 1.59. The first-order valence-corrected chi connectivity index (χ1v) is 4.14. The number of hydrogen-bond donors (Lipinski definition) is 0. The third-order valence-corrected chi connectivity index (χ3v) is 2.35. The van der Waals surface area contributed by atoms with Gasteiger partial charge in [0.1, 0.15) is 5.60 Å². The lowest BCUT2D eigenvalue weighted by atomic mass is 9.99. The van der Waals surface area contributed by atoms with Gasteiger partial charge in [0.15, 0.2) is 5.78 Å². The van der Waals surface area contributed by atoms with Gasteiger partial charge < -0.3 is 4.74 Å². The third kappa shape index (κ3) is 2.29. The number of rotatable bonds is 4. The first kappa shape index (κ1) is 8.72. The maximum Gasteiger partial charge on any atom is 0.164 e. The van der Waals surface area contributed by atoms with E-state index in [2.05, 4.69) is 0 Å². The fourth-order valence-electron chi connectivity index (χ4n) is 0.944. The van der Waals surface area contributed by atoms with Crippen molar-refractivity contribution in [3.8, 4) is 0 Å². The van der Waals surface area contributed by atoms with E-state index in [9.17, 15) is 4.79 Å². The highest BCUT2D eigenvalue weighted by molar-refractivity contribution is 5.86. The predicted octanol–water partition coefficient (Wildman–Crippen LogP) is 1.78. The molecule has 64 valence electrons. The topological polar surface area (TPSA) is 26.3 Å². The van der Waals surface area contributed by atoms with Crippen molar-refractivity contribution in [1.82, 2.24) is 0 Å². The summed E-state index contributed by atoms with van der Waals surface area (Å²) in [6.07, 6.45) is 3.16. The van der Waals surface area contributed by atoms with Gasteiger partial charge in [-0.3, -0.25) is 4.79 Å². The van der Waals surface area contributed by atoms with E-state index in [1.165, 1.54) is 12.8 Å². The molecule has 0 aliphatic heterocycles. The van der Waals surface area contributed by atoms with Crippen molar-refractivity contribution in [2.75, 3.05) is 7.11 Å². The SMILES string of the molecule is COC(C)(C)C(=O)CC1CC1. The molecule has 1 aliphatic rings. The summed E-state index contributed by atoms with van der Waals surface area (Å²) in [5.74, 6) is 0.902. The van der Waals surface area contributed by atoms with E-state index in [0.29, 0.717) is 12.3 Å². The summed E-state index contributed by atoms with van der Waals surface area (Å²) < 4.78 is 5.08. The Morgan fingerprint density at radius 1 is 1.55 bits per heavy atom. The molecule has 0 heterocycles. The summed E-state index contributed by atoms with van der Waals surface area (Å²) in [6, 6.07) is 0. The van der Waals surface area contributed by atoms with Gasteiger partial charge in [0, 0.05) is 13.5 Å². The van der Waals surface area contributed by atoms with Crippen molar-refractivity contribution in [2.24, 2.45) is 5.92 Å². The van der Waals surface area contributed by atoms with Crippen molar-refractivity contribution in [2.45, 2.75) is 38.7 Å². The number of carbonyl (C=O) groups is 1. The van der Waals surface area contributed by atoms with Crippen LogP contribution < -0.4 is 0 Å². The van der Waals surface area contributed by atoms with E-state index in [4.69, 9.17) is 4.74 Å². The first-order chi connectivity index (χ1) is 5.06. The van der Waals surface area contributed by atoms with Crippen molar-refractivity contribution in [1.29, 1.82) is 0 Å². The van der Waals surface area contributed by atoms with E-state index >= 15 is 0 Å². The van der Waals surface area contributed by atoms with Crippen LogP contribution >= 0.6 is 0 Å². The molecule has 0 aromatic carbocycles. The standard InChI is InChI=1S/C9H16O2/c1-9(2,11-3)8(10)6-7-4-5-7/h7H,4-6H2,1-3H3. The first-order valence-electron chi connectivity index (χ1n) is 4.14. The Hall–Kier alpha value is -0.370. The molecule has 0 unspecified atom stereocenters. The second-order valence-corrected chi connectivity index (χ2v) is 3.79. The Morgan fingerprint density at radius 3 is 2.45 bits per heavy atom. The molecule has 0 radical (unpaired) electrons. The Bertz CT molecular complexity index is 157. The Balaban J connectivity index is 2.37. The van der Waals surface area contributed by atoms with Crippen LogP contribution in [-0.2, 0) is 9.53 Å². The van der Waals surface area contributed by atoms with E-state index in [0.717, 1.165) is 0 Å². The van der Waals surface area contributed by atoms with Crippen molar-refractivity contribution >= 4 is 5.78 Å². The summed E-state index contributed by atoms with van der Waals surface area (Å²) in [5.41, 5.74) is -0.567. The van der Waals surface area contributed by atoms with Gasteiger partial charge in [0.25, 0.3) is 0 Å². The highest BCUT2D eigenvalue weighted by atomic mass is 16.5. The fraction of sp³-hybridized carbons (Fsp3) is 0.889. The van der Waals surface area contributed by atoms with Gasteiger partial charge in [-0.2, -0.15) is 0 Å². The molecule has 0 atom stereocenters. The second kappa shape index (κ2) is 2.94. The average Bonchev–Trinajstić information content (AvgIpc) is 2.72. The minimum absolute atomic E-state index is 0.238. The zero-order valence-electron chi connectivity index (χ0n) is 7.52. The van der Waals surface area contributed by atoms with Gasteiger partial charge in [0.05, 0.1) is 0 Å². The molecule has 0 bridgehead atoms. The number of methoxy groups -OCH3 is 1. The van der Waals surface area contributed by atoms with Gasteiger partial charge >= 0.3 is 0 Å². The molecule has 1 fully saturated rings. The molecule has 1 saturated carbocycles. The number of ketones is 1. The maximum atomic E-state index is 11.4. The van der Waals surface area contributed by atoms with Gasteiger partial charge in [-0.1, -0.05) is 0 Å². The minimum Gasteiger partial charge on any atom is -0.371 e. The highest BCUT2D eigenvalue weighted by Gasteiger charge is 2.32. The van der Waals surface area contributed by atoms with Crippen molar-refractivity contribution in [3.63, 3.8) is 0 Å². The van der Waals surface area contributed by atoms with Crippen LogP contribution in [0, 0.1) is 5.92 Å². The summed E-state index contributed by atoms with van der Waals surface area (Å²) in [5, 5.41) is 0. The summed E-state index contributed by atoms with van der Waals surface area (Å²) in [6.45, 7) is 3.66.